The largest absolute Gasteiger partial charge is 0.478 e. The smallest absolute Gasteiger partial charge is 0.336 e. The zero-order valence-corrected chi connectivity index (χ0v) is 10.6. The average Bonchev–Trinajstić information content (AvgIpc) is 2.28. The molecule has 94 valence electrons. The summed E-state index contributed by atoms with van der Waals surface area (Å²) in [5, 5.41) is 28.5. The SMILES string of the molecule is NCCC(O)C(O)c1ccc(Br)cc1C(=O)O. The van der Waals surface area contributed by atoms with Crippen LogP contribution < -0.4 is 5.73 Å². The molecule has 0 radical (unpaired) electrons. The van der Waals surface area contributed by atoms with Crippen molar-refractivity contribution in [3.63, 3.8) is 0 Å². The van der Waals surface area contributed by atoms with Crippen molar-refractivity contribution in [3.05, 3.63) is 33.8 Å². The molecule has 0 aliphatic rings. The van der Waals surface area contributed by atoms with E-state index in [9.17, 15) is 15.0 Å². The molecule has 0 spiro atoms. The maximum Gasteiger partial charge on any atom is 0.336 e. The van der Waals surface area contributed by atoms with Crippen molar-refractivity contribution in [1.82, 2.24) is 0 Å². The van der Waals surface area contributed by atoms with Crippen LogP contribution in [0.2, 0.25) is 0 Å². The van der Waals surface area contributed by atoms with Crippen molar-refractivity contribution in [2.45, 2.75) is 18.6 Å². The Balaban J connectivity index is 3.08. The van der Waals surface area contributed by atoms with E-state index in [1.807, 2.05) is 0 Å². The molecule has 5 N–H and O–H groups in total. The van der Waals surface area contributed by atoms with Gasteiger partial charge < -0.3 is 21.1 Å². The Bertz CT molecular complexity index is 410. The molecule has 2 atom stereocenters. The lowest BCUT2D eigenvalue weighted by molar-refractivity contribution is 0.0141. The van der Waals surface area contributed by atoms with Crippen LogP contribution in [0, 0.1) is 0 Å². The van der Waals surface area contributed by atoms with Crippen molar-refractivity contribution < 1.29 is 20.1 Å². The predicted molar refractivity (Wildman–Crippen MR) is 65.7 cm³/mol. The minimum atomic E-state index is -1.25. The number of hydrogen-bond acceptors (Lipinski definition) is 4. The van der Waals surface area contributed by atoms with Crippen molar-refractivity contribution in [2.75, 3.05) is 6.54 Å². The molecule has 0 saturated carbocycles. The minimum Gasteiger partial charge on any atom is -0.478 e. The second-order valence-corrected chi connectivity index (χ2v) is 4.54. The number of hydrogen-bond donors (Lipinski definition) is 4. The summed E-state index contributed by atoms with van der Waals surface area (Å²) in [7, 11) is 0. The van der Waals surface area contributed by atoms with E-state index in [1.54, 1.807) is 6.07 Å². The van der Waals surface area contributed by atoms with E-state index in [2.05, 4.69) is 15.9 Å². The Morgan fingerprint density at radius 1 is 1.41 bits per heavy atom. The molecule has 2 unspecified atom stereocenters. The lowest BCUT2D eigenvalue weighted by Crippen LogP contribution is -2.23. The van der Waals surface area contributed by atoms with Gasteiger partial charge in [0.2, 0.25) is 0 Å². The first-order valence-corrected chi connectivity index (χ1v) is 5.85. The highest BCUT2D eigenvalue weighted by molar-refractivity contribution is 9.10. The summed E-state index contributed by atoms with van der Waals surface area (Å²) in [6.45, 7) is 0.219. The van der Waals surface area contributed by atoms with Gasteiger partial charge in [0.25, 0.3) is 0 Å². The molecular formula is C11H14BrNO4. The Labute approximate surface area is 107 Å². The van der Waals surface area contributed by atoms with Crippen molar-refractivity contribution >= 4 is 21.9 Å². The number of carboxylic acid groups (broad SMARTS) is 1. The Kier molecular flexibility index (Phi) is 5.07. The maximum absolute atomic E-state index is 11.0. The van der Waals surface area contributed by atoms with Gasteiger partial charge in [-0.25, -0.2) is 4.79 Å². The molecule has 0 aromatic heterocycles. The van der Waals surface area contributed by atoms with Crippen LogP contribution in [0.1, 0.15) is 28.4 Å². The summed E-state index contributed by atoms with van der Waals surface area (Å²) in [6.07, 6.45) is -2.12. The summed E-state index contributed by atoms with van der Waals surface area (Å²) in [5.41, 5.74) is 5.42. The van der Waals surface area contributed by atoms with E-state index in [-0.39, 0.29) is 24.1 Å². The standard InChI is InChI=1S/C11H14BrNO4/c12-6-1-2-7(8(5-6)11(16)17)10(15)9(14)3-4-13/h1-2,5,9-10,14-15H,3-4,13H2,(H,16,17). The van der Waals surface area contributed by atoms with Crippen LogP contribution in [-0.4, -0.2) is 33.9 Å². The predicted octanol–water partition coefficient (Wildman–Crippen LogP) is 0.890. The first kappa shape index (κ1) is 14.1. The monoisotopic (exact) mass is 303 g/mol. The molecule has 0 aliphatic carbocycles. The highest BCUT2D eigenvalue weighted by atomic mass is 79.9. The first-order valence-electron chi connectivity index (χ1n) is 5.06. The number of aliphatic hydroxyl groups excluding tert-OH is 2. The normalized spacial score (nSPS) is 14.4. The van der Waals surface area contributed by atoms with Crippen LogP contribution in [0.4, 0.5) is 0 Å². The van der Waals surface area contributed by atoms with E-state index >= 15 is 0 Å². The molecule has 1 rings (SSSR count). The van der Waals surface area contributed by atoms with E-state index < -0.39 is 18.2 Å². The van der Waals surface area contributed by atoms with Gasteiger partial charge in [-0.15, -0.1) is 0 Å². The maximum atomic E-state index is 11.0. The van der Waals surface area contributed by atoms with Gasteiger partial charge in [-0.05, 0) is 30.7 Å². The Hall–Kier alpha value is -0.950. The molecular weight excluding hydrogens is 290 g/mol. The number of aromatic carboxylic acids is 1. The van der Waals surface area contributed by atoms with E-state index in [1.165, 1.54) is 12.1 Å². The second-order valence-electron chi connectivity index (χ2n) is 3.63. The van der Waals surface area contributed by atoms with Crippen molar-refractivity contribution in [1.29, 1.82) is 0 Å². The molecule has 0 saturated heterocycles. The molecule has 1 aromatic carbocycles. The Morgan fingerprint density at radius 2 is 2.06 bits per heavy atom. The summed E-state index contributed by atoms with van der Waals surface area (Å²) >= 11 is 3.15. The molecule has 17 heavy (non-hydrogen) atoms. The molecule has 0 bridgehead atoms. The summed E-state index contributed by atoms with van der Waals surface area (Å²) in [6, 6.07) is 4.47. The molecule has 0 aliphatic heterocycles. The molecule has 0 heterocycles. The van der Waals surface area contributed by atoms with Gasteiger partial charge in [0.1, 0.15) is 6.10 Å². The van der Waals surface area contributed by atoms with Crippen LogP contribution in [0.3, 0.4) is 0 Å². The summed E-state index contributed by atoms with van der Waals surface area (Å²) in [5.74, 6) is -1.15. The third-order valence-corrected chi connectivity index (χ3v) is 2.88. The molecule has 1 aromatic rings. The minimum absolute atomic E-state index is 0.0389. The fourth-order valence-corrected chi connectivity index (χ4v) is 1.87. The van der Waals surface area contributed by atoms with E-state index in [0.29, 0.717) is 4.47 Å². The number of carbonyl (C=O) groups is 1. The molecule has 6 heteroatoms. The van der Waals surface area contributed by atoms with Crippen LogP contribution in [0.5, 0.6) is 0 Å². The number of nitrogens with two attached hydrogens (primary N) is 1. The molecule has 5 nitrogen and oxygen atoms in total. The topological polar surface area (TPSA) is 104 Å². The third kappa shape index (κ3) is 3.50. The number of aliphatic hydroxyl groups is 2. The van der Waals surface area contributed by atoms with Crippen LogP contribution >= 0.6 is 15.9 Å². The van der Waals surface area contributed by atoms with Crippen LogP contribution in [-0.2, 0) is 0 Å². The van der Waals surface area contributed by atoms with Gasteiger partial charge in [0, 0.05) is 4.47 Å². The lowest BCUT2D eigenvalue weighted by Gasteiger charge is -2.19. The fourth-order valence-electron chi connectivity index (χ4n) is 1.51. The van der Waals surface area contributed by atoms with Crippen LogP contribution in [0.25, 0.3) is 0 Å². The van der Waals surface area contributed by atoms with Crippen molar-refractivity contribution in [3.8, 4) is 0 Å². The van der Waals surface area contributed by atoms with E-state index in [4.69, 9.17) is 10.8 Å². The number of carboxylic acids is 1. The highest BCUT2D eigenvalue weighted by Gasteiger charge is 2.23. The van der Waals surface area contributed by atoms with Gasteiger partial charge in [-0.3, -0.25) is 0 Å². The quantitative estimate of drug-likeness (QED) is 0.647. The number of rotatable bonds is 5. The Morgan fingerprint density at radius 3 is 2.59 bits per heavy atom. The van der Waals surface area contributed by atoms with Gasteiger partial charge in [-0.2, -0.15) is 0 Å². The van der Waals surface area contributed by atoms with Gasteiger partial charge in [-0.1, -0.05) is 22.0 Å². The number of halogens is 1. The molecule has 0 fully saturated rings. The van der Waals surface area contributed by atoms with E-state index in [0.717, 1.165) is 0 Å². The van der Waals surface area contributed by atoms with Gasteiger partial charge >= 0.3 is 5.97 Å². The van der Waals surface area contributed by atoms with Crippen molar-refractivity contribution in [2.24, 2.45) is 5.73 Å². The van der Waals surface area contributed by atoms with Gasteiger partial charge in [0.15, 0.2) is 0 Å². The zero-order valence-electron chi connectivity index (χ0n) is 9.01. The average molecular weight is 304 g/mol. The highest BCUT2D eigenvalue weighted by Crippen LogP contribution is 2.25. The lowest BCUT2D eigenvalue weighted by atomic mass is 9.97. The third-order valence-electron chi connectivity index (χ3n) is 2.39. The second kappa shape index (κ2) is 6.11. The zero-order chi connectivity index (χ0) is 13.0. The van der Waals surface area contributed by atoms with Gasteiger partial charge in [0.05, 0.1) is 11.7 Å². The first-order chi connectivity index (χ1) is 7.97. The summed E-state index contributed by atoms with van der Waals surface area (Å²) in [4.78, 5) is 11.0. The summed E-state index contributed by atoms with van der Waals surface area (Å²) < 4.78 is 0.596. The number of benzene rings is 1. The van der Waals surface area contributed by atoms with Crippen LogP contribution in [0.15, 0.2) is 22.7 Å². The fraction of sp³-hybridized carbons (Fsp3) is 0.364. The molecule has 0 amide bonds.